The van der Waals surface area contributed by atoms with Crippen LogP contribution in [0.5, 0.6) is 5.75 Å². The van der Waals surface area contributed by atoms with Crippen LogP contribution in [0.25, 0.3) is 0 Å². The second-order valence-corrected chi connectivity index (χ2v) is 4.88. The zero-order valence-electron chi connectivity index (χ0n) is 11.2. The number of pyridine rings is 1. The van der Waals surface area contributed by atoms with E-state index in [-0.39, 0.29) is 11.8 Å². The fraction of sp³-hybridized carbons (Fsp3) is 0.133. The number of nitrogens with one attached hydrogen (secondary N) is 1. The number of phenolic OH excluding ortho intramolecular Hbond substituents is 1. The number of hydrogen-bond donors (Lipinski definition) is 2. The topological polar surface area (TPSA) is 86.0 Å². The summed E-state index contributed by atoms with van der Waals surface area (Å²) in [5, 5.41) is 22.1. The average molecular weight is 302 g/mol. The molecule has 21 heavy (non-hydrogen) atoms. The third kappa shape index (κ3) is 3.30. The summed E-state index contributed by atoms with van der Waals surface area (Å²) in [7, 11) is 0. The molecule has 1 heterocycles. The van der Waals surface area contributed by atoms with Gasteiger partial charge >= 0.3 is 0 Å². The molecule has 1 atom stereocenters. The number of benzene rings is 1. The number of aromatic nitrogens is 1. The van der Waals surface area contributed by atoms with Crippen molar-refractivity contribution in [3.8, 4) is 11.8 Å². The third-order valence-corrected chi connectivity index (χ3v) is 3.26. The van der Waals surface area contributed by atoms with Gasteiger partial charge in [-0.3, -0.25) is 4.79 Å². The maximum absolute atomic E-state index is 10.6. The van der Waals surface area contributed by atoms with E-state index in [1.165, 1.54) is 24.4 Å². The number of phenols is 1. The highest BCUT2D eigenvalue weighted by molar-refractivity contribution is 6.33. The number of aromatic hydroxyl groups is 1. The minimum Gasteiger partial charge on any atom is -0.508 e. The summed E-state index contributed by atoms with van der Waals surface area (Å²) in [6.07, 6.45) is 2.06. The van der Waals surface area contributed by atoms with Crippen molar-refractivity contribution in [2.24, 2.45) is 0 Å². The van der Waals surface area contributed by atoms with Crippen LogP contribution in [-0.4, -0.2) is 16.4 Å². The van der Waals surface area contributed by atoms with Gasteiger partial charge in [-0.2, -0.15) is 5.26 Å². The monoisotopic (exact) mass is 301 g/mol. The second kappa shape index (κ2) is 6.25. The van der Waals surface area contributed by atoms with Gasteiger partial charge in [-0.05, 0) is 31.2 Å². The molecule has 1 unspecified atom stereocenters. The Morgan fingerprint density at radius 1 is 1.48 bits per heavy atom. The van der Waals surface area contributed by atoms with Crippen molar-refractivity contribution in [1.29, 1.82) is 5.26 Å². The number of aldehydes is 1. The number of carbonyl (C=O) groups excluding carboxylic acids is 1. The van der Waals surface area contributed by atoms with E-state index in [2.05, 4.69) is 10.3 Å². The van der Waals surface area contributed by atoms with E-state index in [1.807, 2.05) is 13.0 Å². The van der Waals surface area contributed by atoms with E-state index < -0.39 is 0 Å². The highest BCUT2D eigenvalue weighted by Gasteiger charge is 2.13. The molecule has 1 aromatic heterocycles. The smallest absolute Gasteiger partial charge is 0.151 e. The van der Waals surface area contributed by atoms with E-state index >= 15 is 0 Å². The van der Waals surface area contributed by atoms with Gasteiger partial charge in [-0.25, -0.2) is 4.98 Å². The number of hydrogen-bond acceptors (Lipinski definition) is 5. The molecule has 0 saturated heterocycles. The Morgan fingerprint density at radius 2 is 2.24 bits per heavy atom. The van der Waals surface area contributed by atoms with Crippen LogP contribution in [0.15, 0.2) is 30.5 Å². The molecule has 0 bridgehead atoms. The molecule has 0 saturated carbocycles. The van der Waals surface area contributed by atoms with E-state index in [0.29, 0.717) is 33.8 Å². The zero-order chi connectivity index (χ0) is 15.4. The Bertz CT molecular complexity index is 725. The van der Waals surface area contributed by atoms with Gasteiger partial charge < -0.3 is 10.4 Å². The lowest BCUT2D eigenvalue weighted by Crippen LogP contribution is -2.09. The third-order valence-electron chi connectivity index (χ3n) is 2.97. The minimum atomic E-state index is -0.314. The zero-order valence-corrected chi connectivity index (χ0v) is 11.9. The molecular formula is C15H12ClN3O2. The fourth-order valence-electron chi connectivity index (χ4n) is 1.88. The molecule has 0 radical (unpaired) electrons. The van der Waals surface area contributed by atoms with Gasteiger partial charge in [0.05, 0.1) is 22.7 Å². The molecule has 2 aromatic rings. The summed E-state index contributed by atoms with van der Waals surface area (Å²) < 4.78 is 0. The second-order valence-electron chi connectivity index (χ2n) is 4.47. The van der Waals surface area contributed by atoms with Crippen molar-refractivity contribution in [3.05, 3.63) is 52.2 Å². The van der Waals surface area contributed by atoms with Gasteiger partial charge in [-0.15, -0.1) is 0 Å². The number of nitrogens with zero attached hydrogens (tertiary/aromatic N) is 2. The number of halogens is 1. The largest absolute Gasteiger partial charge is 0.508 e. The molecule has 2 rings (SSSR count). The van der Waals surface area contributed by atoms with Crippen LogP contribution in [0, 0.1) is 11.3 Å². The maximum atomic E-state index is 10.6. The average Bonchev–Trinajstić information content (AvgIpc) is 2.49. The van der Waals surface area contributed by atoms with E-state index in [9.17, 15) is 9.90 Å². The SMILES string of the molecule is CC(Nc1ncc(C=O)cc1Cl)c1cc(C#N)ccc1O. The number of nitriles is 1. The first kappa shape index (κ1) is 14.8. The van der Waals surface area contributed by atoms with Crippen LogP contribution in [-0.2, 0) is 0 Å². The normalized spacial score (nSPS) is 11.5. The quantitative estimate of drug-likeness (QED) is 0.846. The molecule has 2 N–H and O–H groups in total. The lowest BCUT2D eigenvalue weighted by Gasteiger charge is -2.17. The first-order chi connectivity index (χ1) is 10.0. The Kier molecular flexibility index (Phi) is 4.41. The molecule has 0 aliphatic rings. The van der Waals surface area contributed by atoms with Crippen LogP contribution >= 0.6 is 11.6 Å². The Hall–Kier alpha value is -2.58. The van der Waals surface area contributed by atoms with Crippen molar-refractivity contribution < 1.29 is 9.90 Å². The Morgan fingerprint density at radius 3 is 2.86 bits per heavy atom. The lowest BCUT2D eigenvalue weighted by atomic mass is 10.0. The maximum Gasteiger partial charge on any atom is 0.151 e. The molecule has 0 aliphatic heterocycles. The van der Waals surface area contributed by atoms with E-state index in [1.54, 1.807) is 6.07 Å². The van der Waals surface area contributed by atoms with Crippen molar-refractivity contribution >= 4 is 23.7 Å². The van der Waals surface area contributed by atoms with Crippen molar-refractivity contribution in [2.75, 3.05) is 5.32 Å². The lowest BCUT2D eigenvalue weighted by molar-refractivity contribution is 0.112. The van der Waals surface area contributed by atoms with Crippen LogP contribution < -0.4 is 5.32 Å². The Labute approximate surface area is 126 Å². The van der Waals surface area contributed by atoms with Crippen molar-refractivity contribution in [2.45, 2.75) is 13.0 Å². The first-order valence-electron chi connectivity index (χ1n) is 6.15. The minimum absolute atomic E-state index is 0.0784. The van der Waals surface area contributed by atoms with Gasteiger partial charge in [0.15, 0.2) is 6.29 Å². The summed E-state index contributed by atoms with van der Waals surface area (Å²) in [5.74, 6) is 0.478. The van der Waals surface area contributed by atoms with Crippen molar-refractivity contribution in [1.82, 2.24) is 4.98 Å². The number of rotatable bonds is 4. The summed E-state index contributed by atoms with van der Waals surface area (Å²) in [5.41, 5.74) is 1.39. The van der Waals surface area contributed by atoms with Gasteiger partial charge in [0.1, 0.15) is 11.6 Å². The van der Waals surface area contributed by atoms with Gasteiger partial charge in [0.2, 0.25) is 0 Å². The number of anilines is 1. The van der Waals surface area contributed by atoms with Gasteiger partial charge in [0, 0.05) is 17.3 Å². The highest BCUT2D eigenvalue weighted by Crippen LogP contribution is 2.29. The van der Waals surface area contributed by atoms with E-state index in [4.69, 9.17) is 16.9 Å². The molecule has 106 valence electrons. The molecule has 0 amide bonds. The van der Waals surface area contributed by atoms with Crippen LogP contribution in [0.4, 0.5) is 5.82 Å². The summed E-state index contributed by atoms with van der Waals surface area (Å²) in [6, 6.07) is 7.81. The summed E-state index contributed by atoms with van der Waals surface area (Å²) >= 11 is 6.04. The standard InChI is InChI=1S/C15H12ClN3O2/c1-9(12-4-10(6-17)2-3-14(12)21)19-15-13(16)5-11(8-20)7-18-15/h2-5,7-9,21H,1H3,(H,18,19). The highest BCUT2D eigenvalue weighted by atomic mass is 35.5. The van der Waals surface area contributed by atoms with Gasteiger partial charge in [-0.1, -0.05) is 11.6 Å². The molecule has 0 aliphatic carbocycles. The fourth-order valence-corrected chi connectivity index (χ4v) is 2.11. The Balaban J connectivity index is 2.28. The molecule has 1 aromatic carbocycles. The molecule has 0 spiro atoms. The van der Waals surface area contributed by atoms with Crippen LogP contribution in [0.1, 0.15) is 34.5 Å². The molecule has 5 nitrogen and oxygen atoms in total. The molecular weight excluding hydrogens is 290 g/mol. The van der Waals surface area contributed by atoms with Gasteiger partial charge in [0.25, 0.3) is 0 Å². The van der Waals surface area contributed by atoms with Crippen LogP contribution in [0.2, 0.25) is 5.02 Å². The summed E-state index contributed by atoms with van der Waals surface area (Å²) in [6.45, 7) is 1.81. The molecule has 6 heteroatoms. The van der Waals surface area contributed by atoms with Crippen molar-refractivity contribution in [3.63, 3.8) is 0 Å². The predicted molar refractivity (Wildman–Crippen MR) is 79.5 cm³/mol. The predicted octanol–water partition coefficient (Wildman–Crippen LogP) is 3.30. The molecule has 0 fully saturated rings. The van der Waals surface area contributed by atoms with E-state index in [0.717, 1.165) is 0 Å². The van der Waals surface area contributed by atoms with Crippen LogP contribution in [0.3, 0.4) is 0 Å². The first-order valence-corrected chi connectivity index (χ1v) is 6.53. The summed E-state index contributed by atoms with van der Waals surface area (Å²) in [4.78, 5) is 14.7. The number of carbonyl (C=O) groups is 1.